The van der Waals surface area contributed by atoms with E-state index in [4.69, 9.17) is 10.8 Å². The molecule has 0 unspecified atom stereocenters. The van der Waals surface area contributed by atoms with Crippen LogP contribution in [0.2, 0.25) is 0 Å². The Morgan fingerprint density at radius 1 is 1.29 bits per heavy atom. The number of rotatable bonds is 6. The molecule has 0 aliphatic heterocycles. The van der Waals surface area contributed by atoms with Gasteiger partial charge in [0.2, 0.25) is 0 Å². The van der Waals surface area contributed by atoms with Gasteiger partial charge in [-0.1, -0.05) is 0 Å². The molecule has 17 heavy (non-hydrogen) atoms. The van der Waals surface area contributed by atoms with Gasteiger partial charge in [-0.3, -0.25) is 0 Å². The summed E-state index contributed by atoms with van der Waals surface area (Å²) in [6.07, 6.45) is -0.620. The van der Waals surface area contributed by atoms with Crippen LogP contribution in [0.25, 0.3) is 0 Å². The zero-order chi connectivity index (χ0) is 13.3. The molecule has 0 fully saturated rings. The summed E-state index contributed by atoms with van der Waals surface area (Å²) < 4.78 is 20.7. The second-order valence-corrected chi connectivity index (χ2v) is 3.84. The molecule has 0 aliphatic rings. The van der Waals surface area contributed by atoms with Crippen LogP contribution in [0.15, 0.2) is 0 Å². The van der Waals surface area contributed by atoms with Crippen LogP contribution in [0.3, 0.4) is 0 Å². The summed E-state index contributed by atoms with van der Waals surface area (Å²) in [6, 6.07) is -1.14. The minimum absolute atomic E-state index is 0.0206. The predicted octanol–water partition coefficient (Wildman–Crippen LogP) is 0.258. The number of nitrogens with zero attached hydrogens (tertiary/aromatic N) is 1. The van der Waals surface area contributed by atoms with Crippen molar-refractivity contribution in [2.24, 2.45) is 5.73 Å². The number of aliphatic hydroxyl groups is 1. The number of carboxylic acids is 1. The summed E-state index contributed by atoms with van der Waals surface area (Å²) in [5.74, 6) is 3.07. The summed E-state index contributed by atoms with van der Waals surface area (Å²) in [7, 11) is -1.09. The van der Waals surface area contributed by atoms with Gasteiger partial charge in [0.15, 0.2) is 0 Å². The fraction of sp³-hybridized carbons (Fsp3) is 0.625. The van der Waals surface area contributed by atoms with Gasteiger partial charge in [0.25, 0.3) is 0 Å². The first kappa shape index (κ1) is 16.4. The van der Waals surface area contributed by atoms with Gasteiger partial charge >= 0.3 is 99.6 Å². The first-order chi connectivity index (χ1) is 8.06. The van der Waals surface area contributed by atoms with E-state index in [1.807, 2.05) is 0 Å². The van der Waals surface area contributed by atoms with E-state index in [9.17, 15) is 19.0 Å². The van der Waals surface area contributed by atoms with Gasteiger partial charge in [-0.15, -0.1) is 0 Å². The fourth-order valence-electron chi connectivity index (χ4n) is 1.08. The molecule has 0 heterocycles. The van der Waals surface area contributed by atoms with Crippen LogP contribution in [0.4, 0.5) is 0 Å². The van der Waals surface area contributed by atoms with Crippen LogP contribution in [-0.4, -0.2) is 39.8 Å². The van der Waals surface area contributed by atoms with Gasteiger partial charge in [0, 0.05) is 0 Å². The second kappa shape index (κ2) is 9.41. The molecule has 0 saturated heterocycles. The van der Waals surface area contributed by atoms with E-state index in [2.05, 4.69) is 11.5 Å². The maximum absolute atomic E-state index is 10.9. The van der Waals surface area contributed by atoms with Gasteiger partial charge in [-0.25, -0.2) is 0 Å². The van der Waals surface area contributed by atoms with Crippen LogP contribution in [0, 0.1) is 11.5 Å². The molecule has 0 aliphatic carbocycles. The zero-order valence-electron chi connectivity index (χ0n) is 8.81. The van der Waals surface area contributed by atoms with E-state index in [1.165, 1.54) is 0 Å². The molecule has 0 amide bonds. The summed E-state index contributed by atoms with van der Waals surface area (Å²) >= 11 is 0. The van der Waals surface area contributed by atoms with Gasteiger partial charge < -0.3 is 0 Å². The Bertz CT molecular complexity index is 428. The number of aliphatic carboxylic acids is 1. The van der Waals surface area contributed by atoms with Crippen molar-refractivity contribution in [1.82, 2.24) is 4.90 Å². The molecule has 94 valence electrons. The Morgan fingerprint density at radius 2 is 1.82 bits per heavy atom. The monoisotopic (exact) mass is 278 g/mol. The van der Waals surface area contributed by atoms with E-state index in [-0.39, 0.29) is 19.4 Å². The molecule has 2 atom stereocenters. The van der Waals surface area contributed by atoms with Crippen molar-refractivity contribution in [3.8, 4) is 11.5 Å². The molecule has 0 radical (unpaired) electrons. The number of hydrogen-bond acceptors (Lipinski definition) is 6. The van der Waals surface area contributed by atoms with Crippen molar-refractivity contribution in [1.29, 1.82) is 0 Å². The van der Waals surface area contributed by atoms with Crippen LogP contribution in [-0.2, 0) is 13.9 Å². The molecule has 0 bridgehead atoms. The van der Waals surface area contributed by atoms with Crippen LogP contribution >= 0.6 is 15.8 Å². The van der Waals surface area contributed by atoms with Gasteiger partial charge in [0.05, 0.1) is 0 Å². The molecule has 4 N–H and O–H groups in total. The Hall–Kier alpha value is -0.630. The number of aliphatic hydroxyl groups excluding tert-OH is 1. The van der Waals surface area contributed by atoms with Crippen LogP contribution in [0.5, 0.6) is 0 Å². The standard InChI is InChI=1S/C8H12N2O5P2/c9-3-6(11)1-2-7(8(12)13)10(4-16-14)5-17-15/h6-7,11H,1-3,9H2,(H,12,13)/t6-,7+/m1/s1. The Labute approximate surface area is 100 Å². The second-order valence-electron chi connectivity index (χ2n) is 3.07. The van der Waals surface area contributed by atoms with Crippen molar-refractivity contribution >= 4 is 21.8 Å². The maximum atomic E-state index is 10.9. The van der Waals surface area contributed by atoms with E-state index < -0.39 is 33.9 Å². The van der Waals surface area contributed by atoms with Crippen molar-refractivity contribution in [3.63, 3.8) is 0 Å². The Morgan fingerprint density at radius 3 is 2.18 bits per heavy atom. The van der Waals surface area contributed by atoms with Crippen molar-refractivity contribution in [2.75, 3.05) is 6.54 Å². The third kappa shape index (κ3) is 6.62. The van der Waals surface area contributed by atoms with E-state index in [1.54, 1.807) is 0 Å². The zero-order valence-corrected chi connectivity index (χ0v) is 10.6. The summed E-state index contributed by atoms with van der Waals surface area (Å²) in [5.41, 5.74) is 5.18. The topological polar surface area (TPSA) is 121 Å². The summed E-state index contributed by atoms with van der Waals surface area (Å²) in [6.45, 7) is 0.0206. The van der Waals surface area contributed by atoms with Gasteiger partial charge in [-0.05, 0) is 0 Å². The SMILES string of the molecule is NC[C@H](O)CC[C@@H](C(=O)O)N(C#P=O)C#P=O. The summed E-state index contributed by atoms with van der Waals surface area (Å²) in [4.78, 5) is 11.8. The number of carboxylic acid groups (broad SMARTS) is 1. The van der Waals surface area contributed by atoms with E-state index >= 15 is 0 Å². The first-order valence-electron chi connectivity index (χ1n) is 4.63. The number of carbonyl (C=O) groups is 1. The van der Waals surface area contributed by atoms with Crippen molar-refractivity contribution in [2.45, 2.75) is 25.0 Å². The van der Waals surface area contributed by atoms with E-state index in [0.29, 0.717) is 0 Å². The molecule has 0 aromatic carbocycles. The van der Waals surface area contributed by atoms with Crippen LogP contribution in [0.1, 0.15) is 12.8 Å². The van der Waals surface area contributed by atoms with Crippen molar-refractivity contribution in [3.05, 3.63) is 0 Å². The van der Waals surface area contributed by atoms with E-state index in [0.717, 1.165) is 4.90 Å². The molecule has 9 heteroatoms. The molecule has 0 aromatic rings. The van der Waals surface area contributed by atoms with Crippen molar-refractivity contribution < 1.29 is 24.1 Å². The van der Waals surface area contributed by atoms with Gasteiger partial charge in [0.1, 0.15) is 0 Å². The average molecular weight is 278 g/mol. The molecular weight excluding hydrogens is 266 g/mol. The third-order valence-corrected chi connectivity index (χ3v) is 2.53. The quantitative estimate of drug-likeness (QED) is 0.470. The number of hydrogen-bond donors (Lipinski definition) is 3. The number of nitrogens with two attached hydrogens (primary N) is 1. The molecule has 0 rings (SSSR count). The molecule has 0 saturated carbocycles. The van der Waals surface area contributed by atoms with Crippen LogP contribution < -0.4 is 5.73 Å². The first-order valence-corrected chi connectivity index (χ1v) is 6.25. The third-order valence-electron chi connectivity index (χ3n) is 1.94. The van der Waals surface area contributed by atoms with Gasteiger partial charge in [-0.2, -0.15) is 0 Å². The Kier molecular flexibility index (Phi) is 9.06. The molecule has 0 aromatic heterocycles. The molecule has 7 nitrogen and oxygen atoms in total. The summed E-state index contributed by atoms with van der Waals surface area (Å²) in [5, 5.41) is 18.2. The fourth-order valence-corrected chi connectivity index (χ4v) is 1.71. The minimum atomic E-state index is -1.22. The predicted molar refractivity (Wildman–Crippen MR) is 60.5 cm³/mol. The molecular formula is C8H12N2O5P2. The molecule has 0 spiro atoms. The Balaban J connectivity index is 4.83. The normalized spacial score (nSPS) is 13.4. The average Bonchev–Trinajstić information content (AvgIpc) is 2.29.